The number of likely N-dealkylation sites (tertiary alicyclic amines) is 1. The number of benzene rings is 1. The molecule has 6 atom stereocenters. The van der Waals surface area contributed by atoms with Crippen LogP contribution in [0.3, 0.4) is 0 Å². The second-order valence-corrected chi connectivity index (χ2v) is 11.8. The fraction of sp³-hybridized carbons (Fsp3) is 0.576. The lowest BCUT2D eigenvalue weighted by Gasteiger charge is -2.35. The number of allylic oxidation sites excluding steroid dienone is 1. The van der Waals surface area contributed by atoms with Crippen molar-refractivity contribution in [2.45, 2.75) is 75.7 Å². The molecule has 2 fully saturated rings. The van der Waals surface area contributed by atoms with Crippen LogP contribution in [0.5, 0.6) is 0 Å². The molecule has 0 aromatic heterocycles. The summed E-state index contributed by atoms with van der Waals surface area (Å²) in [7, 11) is 0. The minimum absolute atomic E-state index is 0.0370. The van der Waals surface area contributed by atoms with Crippen LogP contribution in [-0.4, -0.2) is 89.2 Å². The summed E-state index contributed by atoms with van der Waals surface area (Å²) in [4.78, 5) is 58.6. The number of carbonyl (C=O) groups is 4. The van der Waals surface area contributed by atoms with Crippen molar-refractivity contribution in [3.8, 4) is 0 Å². The highest BCUT2D eigenvalue weighted by Crippen LogP contribution is 2.53. The number of unbranched alkanes of at least 4 members (excludes halogenated alkanes) is 3. The molecule has 43 heavy (non-hydrogen) atoms. The van der Waals surface area contributed by atoms with Gasteiger partial charge in [-0.1, -0.05) is 68.0 Å². The summed E-state index contributed by atoms with van der Waals surface area (Å²) in [6.45, 7) is 3.42. The van der Waals surface area contributed by atoms with Gasteiger partial charge in [-0.15, -0.1) is 0 Å². The number of nitrogens with one attached hydrogen (secondary N) is 1. The maximum atomic E-state index is 14.4. The van der Waals surface area contributed by atoms with E-state index in [4.69, 9.17) is 9.47 Å². The van der Waals surface area contributed by atoms with Crippen molar-refractivity contribution in [2.75, 3.05) is 32.8 Å². The van der Waals surface area contributed by atoms with E-state index in [2.05, 4.69) is 12.2 Å². The summed E-state index contributed by atoms with van der Waals surface area (Å²) in [6, 6.07) is 7.78. The molecule has 0 bridgehead atoms. The minimum atomic E-state index is -1.31. The molecule has 1 spiro atoms. The van der Waals surface area contributed by atoms with Gasteiger partial charge < -0.3 is 29.7 Å². The molecule has 10 nitrogen and oxygen atoms in total. The average Bonchev–Trinajstić information content (AvgIpc) is 3.39. The molecule has 10 heteroatoms. The zero-order valence-corrected chi connectivity index (χ0v) is 24.9. The summed E-state index contributed by atoms with van der Waals surface area (Å²) in [5, 5.41) is 12.3. The number of cyclic esters (lactones) is 1. The minimum Gasteiger partial charge on any atom is -0.463 e. The van der Waals surface area contributed by atoms with Gasteiger partial charge in [0.25, 0.3) is 0 Å². The van der Waals surface area contributed by atoms with Crippen molar-refractivity contribution in [1.29, 1.82) is 0 Å². The Morgan fingerprint density at radius 1 is 1.00 bits per heavy atom. The van der Waals surface area contributed by atoms with Gasteiger partial charge in [-0.2, -0.15) is 0 Å². The summed E-state index contributed by atoms with van der Waals surface area (Å²) in [6.07, 6.45) is 10.8. The molecular weight excluding hydrogens is 550 g/mol. The van der Waals surface area contributed by atoms with Crippen molar-refractivity contribution in [1.82, 2.24) is 15.1 Å². The number of fused-ring (bicyclic) bond motifs is 2. The number of ether oxygens (including phenoxy) is 2. The highest BCUT2D eigenvalue weighted by Gasteiger charge is 2.71. The number of hydrogen-bond donors (Lipinski definition) is 2. The number of nitrogens with zero attached hydrogens (tertiary/aromatic N) is 2. The van der Waals surface area contributed by atoms with Crippen LogP contribution in [0.1, 0.15) is 63.5 Å². The molecule has 0 aliphatic carbocycles. The van der Waals surface area contributed by atoms with E-state index in [1.807, 2.05) is 42.5 Å². The van der Waals surface area contributed by atoms with Gasteiger partial charge in [0.05, 0.1) is 24.0 Å². The van der Waals surface area contributed by atoms with E-state index in [9.17, 15) is 24.3 Å². The molecule has 0 saturated carbocycles. The summed E-state index contributed by atoms with van der Waals surface area (Å²) in [5.74, 6) is -2.98. The zero-order chi connectivity index (χ0) is 30.4. The van der Waals surface area contributed by atoms with Crippen LogP contribution in [0.2, 0.25) is 0 Å². The van der Waals surface area contributed by atoms with Gasteiger partial charge >= 0.3 is 5.97 Å². The Morgan fingerprint density at radius 3 is 2.58 bits per heavy atom. The molecule has 2 N–H and O–H groups in total. The van der Waals surface area contributed by atoms with Gasteiger partial charge in [0.15, 0.2) is 0 Å². The average molecular weight is 594 g/mol. The number of carbonyl (C=O) groups excluding carboxylic acids is 4. The van der Waals surface area contributed by atoms with Crippen LogP contribution in [0.4, 0.5) is 0 Å². The SMILES string of the molecule is CCCCN1CC=C[C@@]23O[C@H]4/C=C\CCC(=O)OC[C@H](c5ccccc5)NC(=O)[C@H]4[C@@H]2C(=O)N(CCCCCO)[C@H]3C1=O. The molecule has 5 rings (SSSR count). The van der Waals surface area contributed by atoms with Crippen molar-refractivity contribution in [2.24, 2.45) is 11.8 Å². The van der Waals surface area contributed by atoms with Crippen LogP contribution < -0.4 is 5.32 Å². The van der Waals surface area contributed by atoms with E-state index in [0.717, 1.165) is 18.4 Å². The number of aliphatic hydroxyl groups is 1. The maximum Gasteiger partial charge on any atom is 0.306 e. The van der Waals surface area contributed by atoms with Crippen LogP contribution in [0.15, 0.2) is 54.6 Å². The smallest absolute Gasteiger partial charge is 0.306 e. The Balaban J connectivity index is 1.54. The monoisotopic (exact) mass is 593 g/mol. The molecule has 2 saturated heterocycles. The second-order valence-electron chi connectivity index (χ2n) is 11.8. The highest BCUT2D eigenvalue weighted by molar-refractivity contribution is 5.99. The molecule has 3 amide bonds. The van der Waals surface area contributed by atoms with E-state index in [1.165, 1.54) is 0 Å². The third-order valence-electron chi connectivity index (χ3n) is 8.99. The lowest BCUT2D eigenvalue weighted by atomic mass is 9.77. The third-order valence-corrected chi connectivity index (χ3v) is 8.99. The number of hydrogen-bond acceptors (Lipinski definition) is 7. The maximum absolute atomic E-state index is 14.4. The van der Waals surface area contributed by atoms with E-state index in [1.54, 1.807) is 22.0 Å². The molecular formula is C33H43N3O7. The van der Waals surface area contributed by atoms with Crippen LogP contribution in [0, 0.1) is 11.8 Å². The number of aliphatic hydroxyl groups excluding tert-OH is 1. The largest absolute Gasteiger partial charge is 0.463 e. The Bertz CT molecular complexity index is 1230. The molecule has 1 aromatic rings. The van der Waals surface area contributed by atoms with Crippen molar-refractivity contribution >= 4 is 23.7 Å². The molecule has 4 aliphatic rings. The second kappa shape index (κ2) is 13.9. The molecule has 4 aliphatic heterocycles. The lowest BCUT2D eigenvalue weighted by molar-refractivity contribution is -0.148. The molecule has 0 radical (unpaired) electrons. The lowest BCUT2D eigenvalue weighted by Crippen LogP contribution is -2.55. The quantitative estimate of drug-likeness (QED) is 0.256. The van der Waals surface area contributed by atoms with Crippen LogP contribution in [-0.2, 0) is 28.7 Å². The van der Waals surface area contributed by atoms with Crippen LogP contribution in [0.25, 0.3) is 0 Å². The van der Waals surface area contributed by atoms with Gasteiger partial charge in [-0.25, -0.2) is 0 Å². The molecule has 232 valence electrons. The van der Waals surface area contributed by atoms with Gasteiger partial charge in [0.1, 0.15) is 18.2 Å². The van der Waals surface area contributed by atoms with Crippen LogP contribution >= 0.6 is 0 Å². The summed E-state index contributed by atoms with van der Waals surface area (Å²) < 4.78 is 12.3. The fourth-order valence-electron chi connectivity index (χ4n) is 6.85. The topological polar surface area (TPSA) is 125 Å². The zero-order valence-electron chi connectivity index (χ0n) is 24.9. The van der Waals surface area contributed by atoms with Crippen molar-refractivity contribution in [3.63, 3.8) is 0 Å². The first-order valence-electron chi connectivity index (χ1n) is 15.6. The normalized spacial score (nSPS) is 31.7. The van der Waals surface area contributed by atoms with E-state index >= 15 is 0 Å². The number of esters is 1. The van der Waals surface area contributed by atoms with Gasteiger partial charge in [-0.3, -0.25) is 19.2 Å². The number of amides is 3. The standard InChI is InChI=1S/C33H43N3O7/c1-2-3-18-35-19-12-17-33-28(31(40)36(29(33)32(35)41)20-10-5-11-21-37)27-25(43-33)15-8-9-16-26(38)42-22-24(34-30(27)39)23-13-6-4-7-14-23/h4,6-8,12-15,17,24-25,27-29,37H,2-3,5,9-11,16,18-22H2,1H3,(H,34,39)/b15-8-/t24-,25+,27-,28-,29+,33-/m1/s1. The van der Waals surface area contributed by atoms with Gasteiger partial charge in [0.2, 0.25) is 17.7 Å². The predicted molar refractivity (Wildman–Crippen MR) is 158 cm³/mol. The Morgan fingerprint density at radius 2 is 1.81 bits per heavy atom. The van der Waals surface area contributed by atoms with E-state index in [0.29, 0.717) is 45.3 Å². The summed E-state index contributed by atoms with van der Waals surface area (Å²) >= 11 is 0. The predicted octanol–water partition coefficient (Wildman–Crippen LogP) is 2.68. The molecule has 1 aromatic carbocycles. The van der Waals surface area contributed by atoms with Crippen molar-refractivity contribution < 1.29 is 33.8 Å². The first-order valence-corrected chi connectivity index (χ1v) is 15.6. The van der Waals surface area contributed by atoms with E-state index < -0.39 is 35.6 Å². The third kappa shape index (κ3) is 6.26. The number of rotatable bonds is 9. The highest BCUT2D eigenvalue weighted by atomic mass is 16.5. The Hall–Kier alpha value is -3.50. The molecule has 4 heterocycles. The van der Waals surface area contributed by atoms with Crippen molar-refractivity contribution in [3.05, 3.63) is 60.2 Å². The Labute approximate surface area is 253 Å². The first-order chi connectivity index (χ1) is 20.9. The molecule has 0 unspecified atom stereocenters. The Kier molecular flexibility index (Phi) is 9.97. The van der Waals surface area contributed by atoms with E-state index in [-0.39, 0.29) is 43.3 Å². The first kappa shape index (κ1) is 30.9. The fourth-order valence-corrected chi connectivity index (χ4v) is 6.85. The summed E-state index contributed by atoms with van der Waals surface area (Å²) in [5.41, 5.74) is -0.531. The van der Waals surface area contributed by atoms with Gasteiger partial charge in [-0.05, 0) is 37.7 Å². The van der Waals surface area contributed by atoms with Gasteiger partial charge in [0, 0.05) is 32.7 Å².